The number of amides is 3. The fraction of sp³-hybridized carbons (Fsp3) is 0.294. The van der Waals surface area contributed by atoms with Crippen LogP contribution in [0.4, 0.5) is 18.0 Å². The van der Waals surface area contributed by atoms with Crippen LogP contribution < -0.4 is 5.32 Å². The Kier molecular flexibility index (Phi) is 4.17. The average Bonchev–Trinajstić information content (AvgIpc) is 2.80. The molecule has 1 N–H and O–H groups in total. The molecular weight excluding hydrogens is 349 g/mol. The highest BCUT2D eigenvalue weighted by Gasteiger charge is 2.49. The third-order valence-electron chi connectivity index (χ3n) is 4.20. The molecule has 3 rings (SSSR count). The number of alkyl halides is 3. The van der Waals surface area contributed by atoms with Gasteiger partial charge in [-0.15, -0.1) is 0 Å². The Morgan fingerprint density at radius 3 is 2.23 bits per heavy atom. The van der Waals surface area contributed by atoms with Gasteiger partial charge in [-0.1, -0.05) is 12.1 Å². The van der Waals surface area contributed by atoms with E-state index in [1.54, 1.807) is 19.3 Å². The maximum Gasteiger partial charge on any atom is 0.416 e. The number of carbonyl (C=O) groups is 2. The number of nitrogens with one attached hydrogen (secondary N) is 1. The lowest BCUT2D eigenvalue weighted by molar-refractivity contribution is -0.137. The largest absolute Gasteiger partial charge is 0.416 e. The summed E-state index contributed by atoms with van der Waals surface area (Å²) in [6, 6.07) is 3.48. The summed E-state index contributed by atoms with van der Waals surface area (Å²) < 4.78 is 38.1. The molecule has 3 amide bonds. The highest BCUT2D eigenvalue weighted by atomic mass is 19.4. The van der Waals surface area contributed by atoms with E-state index in [0.29, 0.717) is 0 Å². The number of imide groups is 1. The zero-order valence-electron chi connectivity index (χ0n) is 14.0. The van der Waals surface area contributed by atoms with Crippen molar-refractivity contribution >= 4 is 11.9 Å². The van der Waals surface area contributed by atoms with Crippen molar-refractivity contribution in [3.05, 3.63) is 59.2 Å². The first-order valence-electron chi connectivity index (χ1n) is 7.70. The summed E-state index contributed by atoms with van der Waals surface area (Å²) in [5, 5.41) is 2.54. The molecule has 1 unspecified atom stereocenters. The number of carbonyl (C=O) groups excluding carboxylic acids is 2. The molecule has 0 spiro atoms. The molecular formula is C17H15F3N4O2. The number of halogens is 3. The van der Waals surface area contributed by atoms with Crippen molar-refractivity contribution in [3.8, 4) is 0 Å². The van der Waals surface area contributed by atoms with E-state index in [2.05, 4.69) is 15.3 Å². The molecule has 0 saturated carbocycles. The first kappa shape index (κ1) is 17.8. The van der Waals surface area contributed by atoms with Crippen molar-refractivity contribution in [1.82, 2.24) is 20.2 Å². The van der Waals surface area contributed by atoms with Crippen LogP contribution in [0.15, 0.2) is 36.7 Å². The standard InChI is InChI=1S/C17H15F3N4O2/c1-10-7-21-13(22-8-10)9-24-14(25)16(2,23-15(24)26)11-3-5-12(6-4-11)17(18,19)20/h3-8H,9H2,1-2H3,(H,23,26). The summed E-state index contributed by atoms with van der Waals surface area (Å²) in [6.45, 7) is 3.13. The lowest BCUT2D eigenvalue weighted by Crippen LogP contribution is -2.40. The van der Waals surface area contributed by atoms with Gasteiger partial charge in [0.25, 0.3) is 5.91 Å². The van der Waals surface area contributed by atoms with Gasteiger partial charge in [0.15, 0.2) is 0 Å². The second-order valence-electron chi connectivity index (χ2n) is 6.20. The van der Waals surface area contributed by atoms with Gasteiger partial charge >= 0.3 is 12.2 Å². The molecule has 1 aliphatic heterocycles. The first-order valence-corrected chi connectivity index (χ1v) is 7.70. The van der Waals surface area contributed by atoms with Crippen LogP contribution in [0.5, 0.6) is 0 Å². The molecule has 0 radical (unpaired) electrons. The zero-order chi connectivity index (χ0) is 19.1. The van der Waals surface area contributed by atoms with Gasteiger partial charge in [-0.25, -0.2) is 14.8 Å². The van der Waals surface area contributed by atoms with E-state index in [4.69, 9.17) is 0 Å². The first-order chi connectivity index (χ1) is 12.1. The molecule has 26 heavy (non-hydrogen) atoms. The lowest BCUT2D eigenvalue weighted by Gasteiger charge is -2.22. The highest BCUT2D eigenvalue weighted by Crippen LogP contribution is 2.33. The fourth-order valence-electron chi connectivity index (χ4n) is 2.67. The normalized spacial score (nSPS) is 20.4. The third-order valence-corrected chi connectivity index (χ3v) is 4.20. The minimum absolute atomic E-state index is 0.124. The van der Waals surface area contributed by atoms with Gasteiger partial charge in [0.05, 0.1) is 12.1 Å². The molecule has 2 heterocycles. The topological polar surface area (TPSA) is 75.2 Å². The number of hydrogen-bond donors (Lipinski definition) is 1. The summed E-state index contributed by atoms with van der Waals surface area (Å²) in [7, 11) is 0. The summed E-state index contributed by atoms with van der Waals surface area (Å²) in [5.74, 6) is -0.290. The number of urea groups is 1. The van der Waals surface area contributed by atoms with Crippen LogP contribution in [-0.2, 0) is 23.1 Å². The van der Waals surface area contributed by atoms with E-state index in [9.17, 15) is 22.8 Å². The van der Waals surface area contributed by atoms with Crippen molar-refractivity contribution in [2.24, 2.45) is 0 Å². The second kappa shape index (κ2) is 6.08. The van der Waals surface area contributed by atoms with Crippen LogP contribution in [0.2, 0.25) is 0 Å². The smallest absolute Gasteiger partial charge is 0.319 e. The Labute approximate surface area is 147 Å². The van der Waals surface area contributed by atoms with Crippen molar-refractivity contribution in [3.63, 3.8) is 0 Å². The van der Waals surface area contributed by atoms with Gasteiger partial charge in [-0.3, -0.25) is 9.69 Å². The molecule has 1 saturated heterocycles. The van der Waals surface area contributed by atoms with Crippen LogP contribution in [-0.4, -0.2) is 26.8 Å². The minimum atomic E-state index is -4.48. The number of aryl methyl sites for hydroxylation is 1. The molecule has 9 heteroatoms. The second-order valence-corrected chi connectivity index (χ2v) is 6.20. The molecule has 1 fully saturated rings. The van der Waals surface area contributed by atoms with Gasteiger partial charge in [-0.05, 0) is 37.1 Å². The quantitative estimate of drug-likeness (QED) is 0.850. The summed E-state index contributed by atoms with van der Waals surface area (Å²) in [6.07, 6.45) is -1.34. The molecule has 2 aromatic rings. The molecule has 1 aromatic carbocycles. The predicted molar refractivity (Wildman–Crippen MR) is 84.6 cm³/mol. The molecule has 0 aliphatic carbocycles. The molecule has 0 bridgehead atoms. The SMILES string of the molecule is Cc1cnc(CN2C(=O)NC(C)(c3ccc(C(F)(F)F)cc3)C2=O)nc1. The Morgan fingerprint density at radius 2 is 1.69 bits per heavy atom. The van der Waals surface area contributed by atoms with E-state index in [1.807, 2.05) is 0 Å². The lowest BCUT2D eigenvalue weighted by atomic mass is 9.91. The van der Waals surface area contributed by atoms with Crippen molar-refractivity contribution < 1.29 is 22.8 Å². The van der Waals surface area contributed by atoms with Gasteiger partial charge in [0.1, 0.15) is 11.4 Å². The molecule has 1 aromatic heterocycles. The predicted octanol–water partition coefficient (Wildman–Crippen LogP) is 2.77. The summed E-state index contributed by atoms with van der Waals surface area (Å²) in [5.41, 5.74) is -1.19. The maximum absolute atomic E-state index is 12.8. The number of benzene rings is 1. The zero-order valence-corrected chi connectivity index (χ0v) is 14.0. The Morgan fingerprint density at radius 1 is 1.12 bits per heavy atom. The molecule has 1 atom stereocenters. The van der Waals surface area contributed by atoms with E-state index < -0.39 is 29.2 Å². The van der Waals surface area contributed by atoms with E-state index in [0.717, 1.165) is 22.6 Å². The van der Waals surface area contributed by atoms with Crippen LogP contribution in [0.3, 0.4) is 0 Å². The maximum atomic E-state index is 12.8. The van der Waals surface area contributed by atoms with Gasteiger partial charge in [0.2, 0.25) is 0 Å². The third kappa shape index (κ3) is 3.12. The highest BCUT2D eigenvalue weighted by molar-refractivity contribution is 6.07. The van der Waals surface area contributed by atoms with Crippen molar-refractivity contribution in [1.29, 1.82) is 0 Å². The number of aromatic nitrogens is 2. The van der Waals surface area contributed by atoms with Crippen molar-refractivity contribution in [2.45, 2.75) is 32.1 Å². The summed E-state index contributed by atoms with van der Waals surface area (Å²) in [4.78, 5) is 34.1. The van der Waals surface area contributed by atoms with Crippen LogP contribution in [0.25, 0.3) is 0 Å². The molecule has 6 nitrogen and oxygen atoms in total. The molecule has 136 valence electrons. The Bertz CT molecular complexity index is 850. The van der Waals surface area contributed by atoms with E-state index in [1.165, 1.54) is 19.1 Å². The monoisotopic (exact) mass is 364 g/mol. The van der Waals surface area contributed by atoms with Crippen LogP contribution in [0.1, 0.15) is 29.4 Å². The Balaban J connectivity index is 1.85. The minimum Gasteiger partial charge on any atom is -0.319 e. The molecule has 1 aliphatic rings. The number of nitrogens with zero attached hydrogens (tertiary/aromatic N) is 3. The van der Waals surface area contributed by atoms with Gasteiger partial charge < -0.3 is 5.32 Å². The van der Waals surface area contributed by atoms with Crippen molar-refractivity contribution in [2.75, 3.05) is 0 Å². The van der Waals surface area contributed by atoms with E-state index >= 15 is 0 Å². The number of hydrogen-bond acceptors (Lipinski definition) is 4. The summed E-state index contributed by atoms with van der Waals surface area (Å²) >= 11 is 0. The average molecular weight is 364 g/mol. The van der Waals surface area contributed by atoms with E-state index in [-0.39, 0.29) is 17.9 Å². The van der Waals surface area contributed by atoms with Crippen LogP contribution in [0, 0.1) is 6.92 Å². The fourth-order valence-corrected chi connectivity index (χ4v) is 2.67. The van der Waals surface area contributed by atoms with Gasteiger partial charge in [-0.2, -0.15) is 13.2 Å². The van der Waals surface area contributed by atoms with Crippen LogP contribution >= 0.6 is 0 Å². The number of rotatable bonds is 3. The van der Waals surface area contributed by atoms with Gasteiger partial charge in [0, 0.05) is 12.4 Å². The Hall–Kier alpha value is -2.97.